The molecule has 0 fully saturated rings. The van der Waals surface area contributed by atoms with Crippen molar-refractivity contribution in [2.45, 2.75) is 0 Å². The molecule has 0 unspecified atom stereocenters. The number of pyridine rings is 1. The van der Waals surface area contributed by atoms with E-state index in [2.05, 4.69) is 10.3 Å². The van der Waals surface area contributed by atoms with Gasteiger partial charge in [0.15, 0.2) is 0 Å². The van der Waals surface area contributed by atoms with E-state index in [1.165, 1.54) is 6.21 Å². The van der Waals surface area contributed by atoms with Gasteiger partial charge >= 0.3 is 0 Å². The van der Waals surface area contributed by atoms with Gasteiger partial charge in [0.1, 0.15) is 0 Å². The van der Waals surface area contributed by atoms with Gasteiger partial charge in [0.05, 0.1) is 0 Å². The number of hydrogen-bond donors (Lipinski definition) is 2. The summed E-state index contributed by atoms with van der Waals surface area (Å²) < 4.78 is 0. The number of allylic oxidation sites excluding steroid dienone is 1. The Morgan fingerprint density at radius 3 is 3.00 bits per heavy atom. The van der Waals surface area contributed by atoms with E-state index in [-0.39, 0.29) is 0 Å². The maximum atomic E-state index is 6.92. The van der Waals surface area contributed by atoms with Gasteiger partial charge in [-0.25, -0.2) is 0 Å². The van der Waals surface area contributed by atoms with Gasteiger partial charge in [-0.1, -0.05) is 0 Å². The Balaban J connectivity index is 2.95. The third kappa shape index (κ3) is 1.92. The summed E-state index contributed by atoms with van der Waals surface area (Å²) >= 11 is 0. The maximum absolute atomic E-state index is 6.92. The summed E-state index contributed by atoms with van der Waals surface area (Å²) in [5, 5.41) is 9.91. The first-order chi connectivity index (χ1) is 5.88. The van der Waals surface area contributed by atoms with E-state index in [4.69, 9.17) is 5.41 Å². The molecule has 1 heterocycles. The van der Waals surface area contributed by atoms with Crippen LogP contribution in [0.1, 0.15) is 5.56 Å². The monoisotopic (exact) mass is 161 g/mol. The van der Waals surface area contributed by atoms with Gasteiger partial charge in [0.25, 0.3) is 0 Å². The summed E-state index contributed by atoms with van der Waals surface area (Å²) in [6.07, 6.45) is 6.42. The van der Waals surface area contributed by atoms with Crippen LogP contribution in [-0.4, -0.2) is 18.2 Å². The summed E-state index contributed by atoms with van der Waals surface area (Å²) in [5.41, 5.74) is 1.89. The predicted molar refractivity (Wildman–Crippen MR) is 50.1 cm³/mol. The van der Waals surface area contributed by atoms with E-state index >= 15 is 0 Å². The molecule has 1 aromatic rings. The zero-order valence-corrected chi connectivity index (χ0v) is 6.91. The number of rotatable bonds is 3. The lowest BCUT2D eigenvalue weighted by atomic mass is 10.2. The molecule has 0 aliphatic carbocycles. The standard InChI is InChI=1S/C9H11N3/c1-11-9(4-5-10)8-3-2-6-12-7-8/h2-7,10-11H,1H3/b9-4-,10-5?. The summed E-state index contributed by atoms with van der Waals surface area (Å²) in [6.45, 7) is 0. The minimum Gasteiger partial charge on any atom is -0.388 e. The third-order valence-corrected chi connectivity index (χ3v) is 1.49. The largest absolute Gasteiger partial charge is 0.388 e. The van der Waals surface area contributed by atoms with Gasteiger partial charge in [-0.15, -0.1) is 0 Å². The number of hydrogen-bond acceptors (Lipinski definition) is 3. The summed E-state index contributed by atoms with van der Waals surface area (Å²) in [4.78, 5) is 3.98. The van der Waals surface area contributed by atoms with Gasteiger partial charge in [-0.3, -0.25) is 4.98 Å². The molecular formula is C9H11N3. The highest BCUT2D eigenvalue weighted by molar-refractivity contribution is 5.81. The molecule has 0 atom stereocenters. The molecule has 0 amide bonds. The second-order valence-corrected chi connectivity index (χ2v) is 2.24. The zero-order valence-electron chi connectivity index (χ0n) is 6.91. The zero-order chi connectivity index (χ0) is 8.81. The second kappa shape index (κ2) is 4.28. The van der Waals surface area contributed by atoms with Crippen molar-refractivity contribution in [1.29, 1.82) is 5.41 Å². The fourth-order valence-corrected chi connectivity index (χ4v) is 0.929. The Kier molecular flexibility index (Phi) is 3.02. The van der Waals surface area contributed by atoms with Crippen LogP contribution in [0.4, 0.5) is 0 Å². The van der Waals surface area contributed by atoms with Crippen LogP contribution >= 0.6 is 0 Å². The van der Waals surface area contributed by atoms with Crippen LogP contribution in [0, 0.1) is 5.41 Å². The Hall–Kier alpha value is -1.64. The predicted octanol–water partition coefficient (Wildman–Crippen LogP) is 1.29. The molecule has 0 radical (unpaired) electrons. The molecule has 0 aliphatic rings. The maximum Gasteiger partial charge on any atom is 0.0441 e. The van der Waals surface area contributed by atoms with Crippen molar-refractivity contribution in [2.75, 3.05) is 7.05 Å². The van der Waals surface area contributed by atoms with Crippen LogP contribution in [0.3, 0.4) is 0 Å². The van der Waals surface area contributed by atoms with E-state index in [9.17, 15) is 0 Å². The van der Waals surface area contributed by atoms with Crippen molar-refractivity contribution in [2.24, 2.45) is 0 Å². The van der Waals surface area contributed by atoms with Crippen LogP contribution in [-0.2, 0) is 0 Å². The highest BCUT2D eigenvalue weighted by atomic mass is 14.8. The first-order valence-corrected chi connectivity index (χ1v) is 3.67. The van der Waals surface area contributed by atoms with E-state index in [0.717, 1.165) is 11.3 Å². The van der Waals surface area contributed by atoms with Crippen LogP contribution in [0.25, 0.3) is 5.70 Å². The van der Waals surface area contributed by atoms with Gasteiger partial charge in [-0.2, -0.15) is 0 Å². The molecule has 2 N–H and O–H groups in total. The first-order valence-electron chi connectivity index (χ1n) is 3.67. The molecule has 1 aromatic heterocycles. The van der Waals surface area contributed by atoms with E-state index in [1.807, 2.05) is 19.2 Å². The lowest BCUT2D eigenvalue weighted by molar-refractivity contribution is 1.12. The fraction of sp³-hybridized carbons (Fsp3) is 0.111. The summed E-state index contributed by atoms with van der Waals surface area (Å²) in [6, 6.07) is 3.81. The molecular weight excluding hydrogens is 150 g/mol. The van der Waals surface area contributed by atoms with E-state index < -0.39 is 0 Å². The van der Waals surface area contributed by atoms with Crippen molar-refractivity contribution in [1.82, 2.24) is 10.3 Å². The third-order valence-electron chi connectivity index (χ3n) is 1.49. The van der Waals surface area contributed by atoms with Crippen LogP contribution in [0.15, 0.2) is 30.6 Å². The van der Waals surface area contributed by atoms with Crippen molar-refractivity contribution >= 4 is 11.9 Å². The van der Waals surface area contributed by atoms with Gasteiger partial charge < -0.3 is 10.7 Å². The molecule has 12 heavy (non-hydrogen) atoms. The highest BCUT2D eigenvalue weighted by Gasteiger charge is 1.95. The normalized spacial score (nSPS) is 10.9. The fourth-order valence-electron chi connectivity index (χ4n) is 0.929. The van der Waals surface area contributed by atoms with Gasteiger partial charge in [0.2, 0.25) is 0 Å². The quantitative estimate of drug-likeness (QED) is 0.656. The average molecular weight is 161 g/mol. The molecule has 3 nitrogen and oxygen atoms in total. The van der Waals surface area contributed by atoms with Crippen molar-refractivity contribution in [3.05, 3.63) is 36.2 Å². The molecule has 0 aliphatic heterocycles. The van der Waals surface area contributed by atoms with Crippen LogP contribution in [0.5, 0.6) is 0 Å². The molecule has 0 saturated carbocycles. The van der Waals surface area contributed by atoms with Crippen molar-refractivity contribution in [3.63, 3.8) is 0 Å². The smallest absolute Gasteiger partial charge is 0.0441 e. The topological polar surface area (TPSA) is 48.8 Å². The molecule has 0 aromatic carbocycles. The minimum atomic E-state index is 0.901. The SMILES string of the molecule is CN/C(=C\C=N)c1cccnc1. The number of nitrogens with zero attached hydrogens (tertiary/aromatic N) is 1. The molecule has 1 rings (SSSR count). The highest BCUT2D eigenvalue weighted by Crippen LogP contribution is 2.06. The molecule has 0 bridgehead atoms. The first kappa shape index (κ1) is 8.46. The minimum absolute atomic E-state index is 0.901. The summed E-state index contributed by atoms with van der Waals surface area (Å²) in [5.74, 6) is 0. The van der Waals surface area contributed by atoms with Crippen molar-refractivity contribution < 1.29 is 0 Å². The Morgan fingerprint density at radius 1 is 1.67 bits per heavy atom. The van der Waals surface area contributed by atoms with Crippen LogP contribution < -0.4 is 5.32 Å². The van der Waals surface area contributed by atoms with E-state index in [1.54, 1.807) is 18.5 Å². The lowest BCUT2D eigenvalue weighted by Gasteiger charge is -2.03. The molecule has 0 saturated heterocycles. The lowest BCUT2D eigenvalue weighted by Crippen LogP contribution is -2.04. The molecule has 0 spiro atoms. The Morgan fingerprint density at radius 2 is 2.50 bits per heavy atom. The number of nitrogens with one attached hydrogen (secondary N) is 2. The Labute approximate surface area is 71.7 Å². The number of aromatic nitrogens is 1. The van der Waals surface area contributed by atoms with Crippen molar-refractivity contribution in [3.8, 4) is 0 Å². The summed E-state index contributed by atoms with van der Waals surface area (Å²) in [7, 11) is 1.82. The van der Waals surface area contributed by atoms with E-state index in [0.29, 0.717) is 0 Å². The van der Waals surface area contributed by atoms with Crippen LogP contribution in [0.2, 0.25) is 0 Å². The molecule has 3 heteroatoms. The molecule has 62 valence electrons. The Bertz CT molecular complexity index is 277. The second-order valence-electron chi connectivity index (χ2n) is 2.24. The van der Waals surface area contributed by atoms with Gasteiger partial charge in [-0.05, 0) is 18.2 Å². The van der Waals surface area contributed by atoms with Gasteiger partial charge in [0, 0.05) is 36.9 Å². The average Bonchev–Trinajstić information content (AvgIpc) is 2.15.